The molecule has 0 saturated carbocycles. The van der Waals surface area contributed by atoms with Crippen molar-refractivity contribution in [3.8, 4) is 0 Å². The van der Waals surface area contributed by atoms with E-state index in [-0.39, 0.29) is 11.6 Å². The van der Waals surface area contributed by atoms with Crippen LogP contribution in [0.25, 0.3) is 0 Å². The fourth-order valence-electron chi connectivity index (χ4n) is 3.00. The molecule has 1 amide bonds. The summed E-state index contributed by atoms with van der Waals surface area (Å²) in [4.78, 5) is 15.6. The minimum atomic E-state index is -4.45. The third-order valence-electron chi connectivity index (χ3n) is 4.44. The highest BCUT2D eigenvalue weighted by atomic mass is 32.2. The molecule has 2 aliphatic rings. The number of amidine groups is 1. The Balaban J connectivity index is 1.55. The summed E-state index contributed by atoms with van der Waals surface area (Å²) in [6.45, 7) is 0. The van der Waals surface area contributed by atoms with Gasteiger partial charge in [-0.1, -0.05) is 17.8 Å². The minimum Gasteiger partial charge on any atom is -0.326 e. The molecule has 10 heteroatoms. The van der Waals surface area contributed by atoms with Crippen LogP contribution >= 0.6 is 11.8 Å². The maximum absolute atomic E-state index is 14.5. The van der Waals surface area contributed by atoms with Gasteiger partial charge >= 0.3 is 6.18 Å². The highest BCUT2D eigenvalue weighted by molar-refractivity contribution is 8.14. The number of hydrazone groups is 1. The summed E-state index contributed by atoms with van der Waals surface area (Å²) in [7, 11) is 0. The quantitative estimate of drug-likeness (QED) is 0.703. The van der Waals surface area contributed by atoms with Gasteiger partial charge in [0.1, 0.15) is 5.82 Å². The second-order valence-electron chi connectivity index (χ2n) is 6.46. The van der Waals surface area contributed by atoms with E-state index in [4.69, 9.17) is 0 Å². The summed E-state index contributed by atoms with van der Waals surface area (Å²) >= 11 is 1.21. The number of amides is 1. The minimum absolute atomic E-state index is 0.143. The third kappa shape index (κ3) is 4.26. The summed E-state index contributed by atoms with van der Waals surface area (Å²) < 4.78 is 52.9. The first-order valence-corrected chi connectivity index (χ1v) is 9.62. The van der Waals surface area contributed by atoms with Crippen LogP contribution in [0.1, 0.15) is 23.1 Å². The van der Waals surface area contributed by atoms with Crippen LogP contribution < -0.4 is 10.7 Å². The second kappa shape index (κ2) is 7.51. The molecule has 29 heavy (non-hydrogen) atoms. The summed E-state index contributed by atoms with van der Waals surface area (Å²) in [5.41, 5.74) is 4.10. The number of aliphatic imine (C=N–C) groups is 1. The fourth-order valence-corrected chi connectivity index (χ4v) is 3.78. The number of alkyl halides is 3. The number of carbonyl (C=O) groups is 1. The van der Waals surface area contributed by atoms with Crippen molar-refractivity contribution in [3.63, 3.8) is 0 Å². The van der Waals surface area contributed by atoms with Gasteiger partial charge in [-0.25, -0.2) is 9.38 Å². The average Bonchev–Trinajstić information content (AvgIpc) is 2.68. The lowest BCUT2D eigenvalue weighted by Crippen LogP contribution is -2.26. The number of anilines is 1. The molecule has 0 aliphatic carbocycles. The number of benzene rings is 2. The highest BCUT2D eigenvalue weighted by Crippen LogP contribution is 2.32. The van der Waals surface area contributed by atoms with Gasteiger partial charge in [0, 0.05) is 23.4 Å². The first kappa shape index (κ1) is 19.4. The molecular weight excluding hydrogens is 408 g/mol. The van der Waals surface area contributed by atoms with Crippen LogP contribution in [-0.4, -0.2) is 22.5 Å². The molecule has 2 aromatic carbocycles. The van der Waals surface area contributed by atoms with Crippen LogP contribution in [0, 0.1) is 5.82 Å². The number of hydrogen-bond donors (Lipinski definition) is 2. The SMILES string of the molecule is O=C1CCc2cc(C3=NNC(=Nc4cccc(C(F)(F)F)c4)SC3)c(F)cc2N1. The lowest BCUT2D eigenvalue weighted by atomic mass is 9.98. The van der Waals surface area contributed by atoms with Gasteiger partial charge in [-0.2, -0.15) is 18.3 Å². The summed E-state index contributed by atoms with van der Waals surface area (Å²) in [6, 6.07) is 7.61. The van der Waals surface area contributed by atoms with E-state index in [1.807, 2.05) is 0 Å². The van der Waals surface area contributed by atoms with Crippen molar-refractivity contribution in [2.45, 2.75) is 19.0 Å². The van der Waals surface area contributed by atoms with E-state index in [2.05, 4.69) is 20.8 Å². The topological polar surface area (TPSA) is 65.8 Å². The van der Waals surface area contributed by atoms with Crippen LogP contribution in [0.2, 0.25) is 0 Å². The molecule has 5 nitrogen and oxygen atoms in total. The van der Waals surface area contributed by atoms with E-state index in [9.17, 15) is 22.4 Å². The van der Waals surface area contributed by atoms with Crippen molar-refractivity contribution in [1.82, 2.24) is 5.43 Å². The number of nitrogens with zero attached hydrogens (tertiary/aromatic N) is 2. The van der Waals surface area contributed by atoms with Gasteiger partial charge in [0.15, 0.2) is 5.17 Å². The lowest BCUT2D eigenvalue weighted by molar-refractivity contribution is -0.137. The van der Waals surface area contributed by atoms with Crippen LogP contribution in [-0.2, 0) is 17.4 Å². The maximum Gasteiger partial charge on any atom is 0.416 e. The molecule has 2 aliphatic heterocycles. The Morgan fingerprint density at radius 2 is 1.97 bits per heavy atom. The Morgan fingerprint density at radius 1 is 1.14 bits per heavy atom. The number of fused-ring (bicyclic) bond motifs is 1. The van der Waals surface area contributed by atoms with E-state index in [0.717, 1.165) is 17.7 Å². The predicted molar refractivity (Wildman–Crippen MR) is 104 cm³/mol. The zero-order valence-electron chi connectivity index (χ0n) is 14.8. The lowest BCUT2D eigenvalue weighted by Gasteiger charge is -2.20. The van der Waals surface area contributed by atoms with Crippen LogP contribution in [0.15, 0.2) is 46.5 Å². The van der Waals surface area contributed by atoms with Crippen molar-refractivity contribution >= 4 is 39.9 Å². The molecule has 0 saturated heterocycles. The summed E-state index contributed by atoms with van der Waals surface area (Å²) in [6.07, 6.45) is -3.59. The Hall–Kier alpha value is -2.88. The van der Waals surface area contributed by atoms with Crippen molar-refractivity contribution in [2.24, 2.45) is 10.1 Å². The third-order valence-corrected chi connectivity index (χ3v) is 5.31. The molecule has 150 valence electrons. The summed E-state index contributed by atoms with van der Waals surface area (Å²) in [5.74, 6) is -0.356. The van der Waals surface area contributed by atoms with Crippen molar-refractivity contribution < 1.29 is 22.4 Å². The number of hydrogen-bond acceptors (Lipinski definition) is 4. The molecule has 2 N–H and O–H groups in total. The van der Waals surface area contributed by atoms with E-state index in [1.54, 1.807) is 6.07 Å². The molecule has 0 atom stereocenters. The summed E-state index contributed by atoms with van der Waals surface area (Å²) in [5, 5.41) is 7.10. The van der Waals surface area contributed by atoms with Gasteiger partial charge in [-0.05, 0) is 42.3 Å². The van der Waals surface area contributed by atoms with Crippen LogP contribution in [0.5, 0.6) is 0 Å². The van der Waals surface area contributed by atoms with Gasteiger partial charge in [-0.15, -0.1) is 0 Å². The number of rotatable bonds is 2. The predicted octanol–water partition coefficient (Wildman–Crippen LogP) is 4.46. The average molecular weight is 422 g/mol. The number of carbonyl (C=O) groups excluding carboxylic acids is 1. The number of thioether (sulfide) groups is 1. The molecule has 4 rings (SSSR count). The first-order valence-electron chi connectivity index (χ1n) is 8.63. The first-order chi connectivity index (χ1) is 13.8. The zero-order chi connectivity index (χ0) is 20.6. The van der Waals surface area contributed by atoms with E-state index < -0.39 is 17.6 Å². The normalized spacial score (nSPS) is 18.0. The zero-order valence-corrected chi connectivity index (χ0v) is 15.6. The monoisotopic (exact) mass is 422 g/mol. The molecule has 2 aromatic rings. The van der Waals surface area contributed by atoms with Gasteiger partial charge < -0.3 is 5.32 Å². The molecule has 0 unspecified atom stereocenters. The molecule has 2 heterocycles. The van der Waals surface area contributed by atoms with Gasteiger partial charge in [-0.3, -0.25) is 10.2 Å². The van der Waals surface area contributed by atoms with Crippen molar-refractivity contribution in [1.29, 1.82) is 0 Å². The Morgan fingerprint density at radius 3 is 2.69 bits per heavy atom. The molecule has 0 aromatic heterocycles. The maximum atomic E-state index is 14.5. The van der Waals surface area contributed by atoms with Crippen LogP contribution in [0.4, 0.5) is 28.9 Å². The molecule has 0 spiro atoms. The largest absolute Gasteiger partial charge is 0.416 e. The Kier molecular flexibility index (Phi) is 5.03. The Bertz CT molecular complexity index is 1050. The Labute approximate surface area is 167 Å². The van der Waals surface area contributed by atoms with E-state index in [1.165, 1.54) is 30.0 Å². The number of halogens is 4. The van der Waals surface area contributed by atoms with E-state index >= 15 is 0 Å². The standard InChI is InChI=1S/C19H14F4N4OS/c20-14-8-15-10(4-5-17(28)25-15)6-13(14)16-9-29-18(27-26-16)24-12-3-1-2-11(7-12)19(21,22)23/h1-3,6-8H,4-5,9H2,(H,24,27)(H,25,28). The van der Waals surface area contributed by atoms with Crippen molar-refractivity contribution in [3.05, 3.63) is 58.9 Å². The smallest absolute Gasteiger partial charge is 0.326 e. The molecular formula is C19H14F4N4OS. The van der Waals surface area contributed by atoms with Gasteiger partial charge in [0.05, 0.1) is 17.0 Å². The van der Waals surface area contributed by atoms with Gasteiger partial charge in [0.2, 0.25) is 5.91 Å². The molecule has 0 radical (unpaired) electrons. The van der Waals surface area contributed by atoms with Crippen LogP contribution in [0.3, 0.4) is 0 Å². The molecule has 0 fully saturated rings. The molecule has 0 bridgehead atoms. The highest BCUT2D eigenvalue weighted by Gasteiger charge is 2.30. The van der Waals surface area contributed by atoms with E-state index in [0.29, 0.717) is 40.7 Å². The number of nitrogens with one attached hydrogen (secondary N) is 2. The fraction of sp³-hybridized carbons (Fsp3) is 0.211. The number of aryl methyl sites for hydroxylation is 1. The second-order valence-corrected chi connectivity index (χ2v) is 7.43. The van der Waals surface area contributed by atoms with Gasteiger partial charge in [0.25, 0.3) is 0 Å². The van der Waals surface area contributed by atoms with Crippen molar-refractivity contribution in [2.75, 3.05) is 11.1 Å².